The number of carbonyl (C=O) groups is 2. The molecule has 0 bridgehead atoms. The quantitative estimate of drug-likeness (QED) is 0.693. The lowest BCUT2D eigenvalue weighted by molar-refractivity contribution is -0.150. The Balaban J connectivity index is 1.61. The summed E-state index contributed by atoms with van der Waals surface area (Å²) in [5, 5.41) is 2.65. The SMILES string of the molecule is COc1ccc(CCNC(=O)COC(=O)COc2ccccc2F)cc1. The molecule has 0 unspecified atom stereocenters. The van der Waals surface area contributed by atoms with Crippen molar-refractivity contribution in [3.05, 3.63) is 59.9 Å². The highest BCUT2D eigenvalue weighted by Crippen LogP contribution is 2.15. The molecule has 2 rings (SSSR count). The van der Waals surface area contributed by atoms with Crippen molar-refractivity contribution in [2.24, 2.45) is 0 Å². The van der Waals surface area contributed by atoms with Gasteiger partial charge in [0.05, 0.1) is 7.11 Å². The standard InChI is InChI=1S/C19H20FNO5/c1-24-15-8-6-14(7-9-15)10-11-21-18(22)12-26-19(23)13-25-17-5-3-2-4-16(17)20/h2-9H,10-13H2,1H3,(H,21,22). The van der Waals surface area contributed by atoms with Gasteiger partial charge in [-0.1, -0.05) is 24.3 Å². The maximum absolute atomic E-state index is 13.3. The van der Waals surface area contributed by atoms with Gasteiger partial charge in [-0.2, -0.15) is 0 Å². The summed E-state index contributed by atoms with van der Waals surface area (Å²) < 4.78 is 28.2. The lowest BCUT2D eigenvalue weighted by atomic mass is 10.1. The molecular formula is C19H20FNO5. The minimum Gasteiger partial charge on any atom is -0.497 e. The molecule has 0 aliphatic heterocycles. The summed E-state index contributed by atoms with van der Waals surface area (Å²) >= 11 is 0. The number of rotatable bonds is 9. The number of hydrogen-bond donors (Lipinski definition) is 1. The van der Waals surface area contributed by atoms with E-state index >= 15 is 0 Å². The van der Waals surface area contributed by atoms with Crippen LogP contribution in [0.5, 0.6) is 11.5 Å². The lowest BCUT2D eigenvalue weighted by Crippen LogP contribution is -2.31. The second-order valence-corrected chi connectivity index (χ2v) is 5.33. The van der Waals surface area contributed by atoms with Gasteiger partial charge in [0.15, 0.2) is 24.8 Å². The Kier molecular flexibility index (Phi) is 7.42. The molecule has 0 radical (unpaired) electrons. The second kappa shape index (κ2) is 10.0. The number of halogens is 1. The third-order valence-corrected chi connectivity index (χ3v) is 3.44. The van der Waals surface area contributed by atoms with E-state index in [0.29, 0.717) is 13.0 Å². The Morgan fingerprint density at radius 2 is 1.77 bits per heavy atom. The number of nitrogens with one attached hydrogen (secondary N) is 1. The smallest absolute Gasteiger partial charge is 0.344 e. The van der Waals surface area contributed by atoms with Crippen molar-refractivity contribution in [3.63, 3.8) is 0 Å². The number of para-hydroxylation sites is 1. The molecule has 2 aromatic rings. The number of methoxy groups -OCH3 is 1. The maximum atomic E-state index is 13.3. The number of hydrogen-bond acceptors (Lipinski definition) is 5. The van der Waals surface area contributed by atoms with Crippen LogP contribution >= 0.6 is 0 Å². The van der Waals surface area contributed by atoms with E-state index in [1.54, 1.807) is 13.2 Å². The fourth-order valence-electron chi connectivity index (χ4n) is 2.08. The topological polar surface area (TPSA) is 73.9 Å². The molecule has 1 N–H and O–H groups in total. The summed E-state index contributed by atoms with van der Waals surface area (Å²) in [4.78, 5) is 23.2. The first-order valence-corrected chi connectivity index (χ1v) is 8.01. The average Bonchev–Trinajstić information content (AvgIpc) is 2.66. The summed E-state index contributed by atoms with van der Waals surface area (Å²) in [5.41, 5.74) is 1.04. The third-order valence-electron chi connectivity index (χ3n) is 3.44. The zero-order valence-corrected chi connectivity index (χ0v) is 14.4. The van der Waals surface area contributed by atoms with Gasteiger partial charge in [-0.25, -0.2) is 9.18 Å². The largest absolute Gasteiger partial charge is 0.497 e. The predicted octanol–water partition coefficient (Wildman–Crippen LogP) is 2.12. The molecule has 0 heterocycles. The minimum atomic E-state index is -0.751. The first-order valence-electron chi connectivity index (χ1n) is 8.01. The van der Waals surface area contributed by atoms with Crippen molar-refractivity contribution in [2.45, 2.75) is 6.42 Å². The van der Waals surface area contributed by atoms with Gasteiger partial charge in [0.1, 0.15) is 5.75 Å². The van der Waals surface area contributed by atoms with Crippen LogP contribution in [0.3, 0.4) is 0 Å². The van der Waals surface area contributed by atoms with Gasteiger partial charge in [0.25, 0.3) is 5.91 Å². The summed E-state index contributed by atoms with van der Waals surface area (Å²) in [6.07, 6.45) is 0.639. The Morgan fingerprint density at radius 1 is 1.04 bits per heavy atom. The Bertz CT molecular complexity index is 733. The van der Waals surface area contributed by atoms with Gasteiger partial charge in [-0.3, -0.25) is 4.79 Å². The van der Waals surface area contributed by atoms with Crippen LogP contribution < -0.4 is 14.8 Å². The molecule has 0 atom stereocenters. The summed E-state index contributed by atoms with van der Waals surface area (Å²) in [6, 6.07) is 13.2. The van der Waals surface area contributed by atoms with Crippen LogP contribution in [0.25, 0.3) is 0 Å². The van der Waals surface area contributed by atoms with Crippen molar-refractivity contribution in [1.29, 1.82) is 0 Å². The molecular weight excluding hydrogens is 341 g/mol. The molecule has 0 spiro atoms. The van der Waals surface area contributed by atoms with E-state index in [0.717, 1.165) is 11.3 Å². The Morgan fingerprint density at radius 3 is 2.46 bits per heavy atom. The van der Waals surface area contributed by atoms with Crippen LogP contribution in [0.4, 0.5) is 4.39 Å². The van der Waals surface area contributed by atoms with Crippen molar-refractivity contribution >= 4 is 11.9 Å². The molecule has 7 heteroatoms. The Labute approximate surface area is 150 Å². The fourth-order valence-corrected chi connectivity index (χ4v) is 2.08. The van der Waals surface area contributed by atoms with Crippen LogP contribution in [-0.4, -0.2) is 38.7 Å². The minimum absolute atomic E-state index is 0.0478. The Hall–Kier alpha value is -3.09. The van der Waals surface area contributed by atoms with Crippen molar-refractivity contribution in [2.75, 3.05) is 26.9 Å². The van der Waals surface area contributed by atoms with E-state index in [9.17, 15) is 14.0 Å². The van der Waals surface area contributed by atoms with Gasteiger partial charge in [0, 0.05) is 6.54 Å². The molecule has 26 heavy (non-hydrogen) atoms. The number of amides is 1. The molecule has 0 saturated heterocycles. The van der Waals surface area contributed by atoms with Crippen LogP contribution in [-0.2, 0) is 20.7 Å². The second-order valence-electron chi connectivity index (χ2n) is 5.33. The zero-order chi connectivity index (χ0) is 18.8. The highest BCUT2D eigenvalue weighted by atomic mass is 19.1. The molecule has 1 amide bonds. The molecule has 138 valence electrons. The van der Waals surface area contributed by atoms with Crippen molar-refractivity contribution < 1.29 is 28.2 Å². The summed E-state index contributed by atoms with van der Waals surface area (Å²) in [7, 11) is 1.60. The van der Waals surface area contributed by atoms with E-state index in [1.807, 2.05) is 24.3 Å². The first kappa shape index (κ1) is 19.2. The normalized spacial score (nSPS) is 10.1. The number of carbonyl (C=O) groups excluding carboxylic acids is 2. The molecule has 6 nitrogen and oxygen atoms in total. The molecule has 2 aromatic carbocycles. The number of ether oxygens (including phenoxy) is 3. The predicted molar refractivity (Wildman–Crippen MR) is 92.6 cm³/mol. The summed E-state index contributed by atoms with van der Waals surface area (Å²) in [6.45, 7) is -0.476. The molecule has 0 saturated carbocycles. The van der Waals surface area contributed by atoms with Crippen LogP contribution in [0.1, 0.15) is 5.56 Å². The zero-order valence-electron chi connectivity index (χ0n) is 14.4. The third kappa shape index (κ3) is 6.43. The fraction of sp³-hybridized carbons (Fsp3) is 0.263. The molecule has 0 aliphatic carbocycles. The maximum Gasteiger partial charge on any atom is 0.344 e. The van der Waals surface area contributed by atoms with Gasteiger partial charge in [-0.05, 0) is 36.2 Å². The first-order chi connectivity index (χ1) is 12.6. The monoisotopic (exact) mass is 361 g/mol. The van der Waals surface area contributed by atoms with Crippen LogP contribution in [0.2, 0.25) is 0 Å². The van der Waals surface area contributed by atoms with Crippen molar-refractivity contribution in [1.82, 2.24) is 5.32 Å². The van der Waals surface area contributed by atoms with Crippen LogP contribution in [0, 0.1) is 5.82 Å². The summed E-state index contributed by atoms with van der Waals surface area (Å²) in [5.74, 6) is -1.02. The highest BCUT2D eigenvalue weighted by molar-refractivity contribution is 5.80. The van der Waals surface area contributed by atoms with Gasteiger partial charge < -0.3 is 19.5 Å². The van der Waals surface area contributed by atoms with E-state index in [4.69, 9.17) is 14.2 Å². The van der Waals surface area contributed by atoms with Crippen molar-refractivity contribution in [3.8, 4) is 11.5 Å². The van der Waals surface area contributed by atoms with Gasteiger partial charge in [-0.15, -0.1) is 0 Å². The number of esters is 1. The highest BCUT2D eigenvalue weighted by Gasteiger charge is 2.10. The van der Waals surface area contributed by atoms with Crippen LogP contribution in [0.15, 0.2) is 48.5 Å². The van der Waals surface area contributed by atoms with E-state index in [1.165, 1.54) is 18.2 Å². The van der Waals surface area contributed by atoms with E-state index in [2.05, 4.69) is 5.32 Å². The number of benzene rings is 2. The lowest BCUT2D eigenvalue weighted by Gasteiger charge is -2.08. The van der Waals surface area contributed by atoms with Gasteiger partial charge in [0.2, 0.25) is 0 Å². The molecule has 0 aliphatic rings. The van der Waals surface area contributed by atoms with E-state index in [-0.39, 0.29) is 5.75 Å². The molecule has 0 fully saturated rings. The molecule has 0 aromatic heterocycles. The van der Waals surface area contributed by atoms with Gasteiger partial charge >= 0.3 is 5.97 Å². The average molecular weight is 361 g/mol. The van der Waals surface area contributed by atoms with E-state index < -0.39 is 30.9 Å².